The molecule has 0 aliphatic heterocycles. The summed E-state index contributed by atoms with van der Waals surface area (Å²) in [6, 6.07) is 11.0. The lowest BCUT2D eigenvalue weighted by Gasteiger charge is -2.49. The molecule has 1 N–H and O–H groups in total. The first-order valence-corrected chi connectivity index (χ1v) is 9.26. The average Bonchev–Trinajstić information content (AvgIpc) is 3.09. The molecule has 3 nitrogen and oxygen atoms in total. The van der Waals surface area contributed by atoms with Crippen LogP contribution in [0.1, 0.15) is 51.1 Å². The molecule has 2 saturated carbocycles. The van der Waals surface area contributed by atoms with Gasteiger partial charge < -0.3 is 5.32 Å². The molecule has 2 aromatic rings. The molecule has 2 aliphatic carbocycles. The molecule has 0 bridgehead atoms. The summed E-state index contributed by atoms with van der Waals surface area (Å²) in [6.07, 6.45) is 3.85. The van der Waals surface area contributed by atoms with Crippen molar-refractivity contribution < 1.29 is 4.79 Å². The van der Waals surface area contributed by atoms with Crippen LogP contribution in [0.4, 0.5) is 0 Å². The van der Waals surface area contributed by atoms with Gasteiger partial charge in [0.2, 0.25) is 0 Å². The summed E-state index contributed by atoms with van der Waals surface area (Å²) in [4.78, 5) is 17.9. The number of hydrogen-bond acceptors (Lipinski definition) is 3. The minimum Gasteiger partial charge on any atom is -0.348 e. The van der Waals surface area contributed by atoms with Crippen molar-refractivity contribution in [2.24, 2.45) is 11.8 Å². The number of nitrogens with one attached hydrogen (secondary N) is 1. The molecule has 1 amide bonds. The molecule has 1 aromatic heterocycles. The van der Waals surface area contributed by atoms with E-state index in [4.69, 9.17) is 0 Å². The number of hydrogen-bond donors (Lipinski definition) is 1. The van der Waals surface area contributed by atoms with Crippen molar-refractivity contribution in [1.82, 2.24) is 10.3 Å². The number of carbonyl (C=O) groups excluding carboxylic acids is 1. The summed E-state index contributed by atoms with van der Waals surface area (Å²) >= 11 is 1.50. The second kappa shape index (κ2) is 5.75. The number of carbonyl (C=O) groups is 1. The maximum atomic E-state index is 12.7. The van der Waals surface area contributed by atoms with Gasteiger partial charge in [-0.05, 0) is 44.1 Å². The summed E-state index contributed by atoms with van der Waals surface area (Å²) < 4.78 is 0. The molecule has 1 aromatic carbocycles. The van der Waals surface area contributed by atoms with Crippen molar-refractivity contribution >= 4 is 17.2 Å². The topological polar surface area (TPSA) is 42.0 Å². The fraction of sp³-hybridized carbons (Fsp3) is 0.474. The zero-order valence-corrected chi connectivity index (χ0v) is 14.4. The van der Waals surface area contributed by atoms with Gasteiger partial charge in [-0.1, -0.05) is 36.8 Å². The van der Waals surface area contributed by atoms with Crippen LogP contribution in [0.15, 0.2) is 30.3 Å². The Bertz CT molecular complexity index is 724. The standard InChI is InChI=1S/C19H22N2OS/c1-11-18(23-12(2)20-11)19(22)21-17-15-10-6-9-14(15)16(17)13-7-4-3-5-8-13/h3-5,7-8,14-17H,6,9-10H2,1-2H3,(H,21,22)/t14-,15-,16-,17-/m1/s1. The number of fused-ring (bicyclic) bond motifs is 1. The monoisotopic (exact) mass is 326 g/mol. The number of nitrogens with zero attached hydrogens (tertiary/aromatic N) is 1. The average molecular weight is 326 g/mol. The van der Waals surface area contributed by atoms with Gasteiger partial charge in [-0.15, -0.1) is 11.3 Å². The van der Waals surface area contributed by atoms with Crippen molar-refractivity contribution in [2.45, 2.75) is 45.1 Å². The highest BCUT2D eigenvalue weighted by Gasteiger charge is 2.53. The van der Waals surface area contributed by atoms with E-state index in [1.54, 1.807) is 0 Å². The maximum absolute atomic E-state index is 12.7. The number of amides is 1. The van der Waals surface area contributed by atoms with Crippen LogP contribution in [0.2, 0.25) is 0 Å². The first-order chi connectivity index (χ1) is 11.1. The summed E-state index contributed by atoms with van der Waals surface area (Å²) in [5, 5.41) is 4.30. The molecule has 0 saturated heterocycles. The summed E-state index contributed by atoms with van der Waals surface area (Å²) in [5.74, 6) is 1.93. The van der Waals surface area contributed by atoms with Crippen LogP contribution in [0.25, 0.3) is 0 Å². The molecule has 4 heteroatoms. The van der Waals surface area contributed by atoms with E-state index in [0.29, 0.717) is 11.8 Å². The number of aromatic nitrogens is 1. The molecule has 2 aliphatic rings. The summed E-state index contributed by atoms with van der Waals surface area (Å²) in [5.41, 5.74) is 2.22. The molecular weight excluding hydrogens is 304 g/mol. The van der Waals surface area contributed by atoms with Crippen molar-refractivity contribution in [3.05, 3.63) is 51.5 Å². The third kappa shape index (κ3) is 2.49. The smallest absolute Gasteiger partial charge is 0.263 e. The quantitative estimate of drug-likeness (QED) is 0.924. The third-order valence-electron chi connectivity index (χ3n) is 5.53. The number of rotatable bonds is 3. The first kappa shape index (κ1) is 14.9. The van der Waals surface area contributed by atoms with E-state index < -0.39 is 0 Å². The minimum atomic E-state index is 0.0596. The second-order valence-electron chi connectivity index (χ2n) is 6.84. The van der Waals surface area contributed by atoms with E-state index in [9.17, 15) is 4.79 Å². The van der Waals surface area contributed by atoms with Crippen molar-refractivity contribution in [3.8, 4) is 0 Å². The van der Waals surface area contributed by atoms with Gasteiger partial charge in [0.25, 0.3) is 5.91 Å². The molecule has 0 spiro atoms. The van der Waals surface area contributed by atoms with E-state index in [0.717, 1.165) is 21.5 Å². The molecule has 23 heavy (non-hydrogen) atoms. The van der Waals surface area contributed by atoms with Gasteiger partial charge in [0.1, 0.15) is 4.88 Å². The van der Waals surface area contributed by atoms with Crippen LogP contribution in [0.5, 0.6) is 0 Å². The van der Waals surface area contributed by atoms with Gasteiger partial charge >= 0.3 is 0 Å². The predicted octanol–water partition coefficient (Wildman–Crippen LogP) is 4.07. The van der Waals surface area contributed by atoms with Crippen molar-refractivity contribution in [1.29, 1.82) is 0 Å². The summed E-state index contributed by atoms with van der Waals surface area (Å²) in [6.45, 7) is 3.88. The fourth-order valence-corrected chi connectivity index (χ4v) is 5.40. The molecule has 1 heterocycles. The predicted molar refractivity (Wildman–Crippen MR) is 92.9 cm³/mol. The van der Waals surface area contributed by atoms with Crippen LogP contribution < -0.4 is 5.32 Å². The first-order valence-electron chi connectivity index (χ1n) is 8.45. The van der Waals surface area contributed by atoms with Crippen LogP contribution in [-0.2, 0) is 0 Å². The van der Waals surface area contributed by atoms with E-state index in [1.807, 2.05) is 13.8 Å². The minimum absolute atomic E-state index is 0.0596. The Morgan fingerprint density at radius 3 is 2.61 bits per heavy atom. The van der Waals surface area contributed by atoms with Crippen LogP contribution in [-0.4, -0.2) is 16.9 Å². The van der Waals surface area contributed by atoms with Gasteiger partial charge in [-0.3, -0.25) is 4.79 Å². The lowest BCUT2D eigenvalue weighted by atomic mass is 9.60. The Morgan fingerprint density at radius 2 is 1.91 bits per heavy atom. The van der Waals surface area contributed by atoms with Crippen molar-refractivity contribution in [2.75, 3.05) is 0 Å². The van der Waals surface area contributed by atoms with E-state index >= 15 is 0 Å². The number of benzene rings is 1. The zero-order valence-electron chi connectivity index (χ0n) is 13.6. The Morgan fingerprint density at radius 1 is 1.17 bits per heavy atom. The highest BCUT2D eigenvalue weighted by Crippen LogP contribution is 2.56. The Hall–Kier alpha value is -1.68. The van der Waals surface area contributed by atoms with Crippen molar-refractivity contribution in [3.63, 3.8) is 0 Å². The molecule has 120 valence electrons. The van der Waals surface area contributed by atoms with Gasteiger partial charge in [0, 0.05) is 12.0 Å². The van der Waals surface area contributed by atoms with Crippen LogP contribution in [0, 0.1) is 25.7 Å². The fourth-order valence-electron chi connectivity index (χ4n) is 4.58. The third-order valence-corrected chi connectivity index (χ3v) is 6.60. The number of thiazole rings is 1. The lowest BCUT2D eigenvalue weighted by Crippen LogP contribution is -2.56. The maximum Gasteiger partial charge on any atom is 0.263 e. The molecule has 4 atom stereocenters. The Balaban J connectivity index is 1.57. The van der Waals surface area contributed by atoms with Gasteiger partial charge in [0.05, 0.1) is 10.7 Å². The van der Waals surface area contributed by atoms with E-state index in [2.05, 4.69) is 40.6 Å². The normalized spacial score (nSPS) is 29.0. The van der Waals surface area contributed by atoms with Gasteiger partial charge in [-0.25, -0.2) is 4.98 Å². The molecule has 0 unspecified atom stereocenters. The van der Waals surface area contributed by atoms with Gasteiger partial charge in [0.15, 0.2) is 0 Å². The molecule has 0 radical (unpaired) electrons. The van der Waals surface area contributed by atoms with Crippen LogP contribution >= 0.6 is 11.3 Å². The lowest BCUT2D eigenvalue weighted by molar-refractivity contribution is 0.0694. The van der Waals surface area contributed by atoms with Gasteiger partial charge in [-0.2, -0.15) is 0 Å². The zero-order chi connectivity index (χ0) is 16.0. The number of aryl methyl sites for hydroxylation is 2. The molecule has 2 fully saturated rings. The van der Waals surface area contributed by atoms with Crippen LogP contribution in [0.3, 0.4) is 0 Å². The highest BCUT2D eigenvalue weighted by molar-refractivity contribution is 7.13. The molecular formula is C19H22N2OS. The second-order valence-corrected chi connectivity index (χ2v) is 8.04. The molecule has 4 rings (SSSR count). The summed E-state index contributed by atoms with van der Waals surface area (Å²) in [7, 11) is 0. The van der Waals surface area contributed by atoms with E-state index in [-0.39, 0.29) is 11.9 Å². The largest absolute Gasteiger partial charge is 0.348 e. The van der Waals surface area contributed by atoms with E-state index in [1.165, 1.54) is 36.2 Å². The Labute approximate surface area is 141 Å². The highest BCUT2D eigenvalue weighted by atomic mass is 32.1. The SMILES string of the molecule is Cc1nc(C)c(C(=O)N[C@@H]2[C@@H]3CCC[C@H]3[C@H]2c2ccccc2)s1. The Kier molecular flexibility index (Phi) is 3.72.